The Balaban J connectivity index is 2.19. The van der Waals surface area contributed by atoms with Crippen molar-refractivity contribution in [1.29, 1.82) is 0 Å². The van der Waals surface area contributed by atoms with Crippen LogP contribution in [0.4, 0.5) is 11.5 Å². The average Bonchev–Trinajstić information content (AvgIpc) is 2.62. The molecule has 1 unspecified atom stereocenters. The zero-order valence-electron chi connectivity index (χ0n) is 10.3. The summed E-state index contributed by atoms with van der Waals surface area (Å²) in [5, 5.41) is 9.93. The molecule has 2 rings (SSSR count). The van der Waals surface area contributed by atoms with Crippen molar-refractivity contribution in [3.63, 3.8) is 0 Å². The second-order valence-electron chi connectivity index (χ2n) is 4.67. The molecule has 1 aliphatic rings. The third-order valence-corrected chi connectivity index (χ3v) is 2.93. The predicted octanol–water partition coefficient (Wildman–Crippen LogP) is 1.02. The van der Waals surface area contributed by atoms with Gasteiger partial charge in [-0.05, 0) is 32.4 Å². The van der Waals surface area contributed by atoms with Crippen molar-refractivity contribution in [2.45, 2.75) is 25.9 Å². The van der Waals surface area contributed by atoms with Gasteiger partial charge in [0.25, 0.3) is 0 Å². The molecule has 0 amide bonds. The fraction of sp³-hybridized carbons (Fsp3) is 0.583. The van der Waals surface area contributed by atoms with E-state index >= 15 is 0 Å². The molecule has 1 aromatic heterocycles. The maximum atomic E-state index is 9.93. The molecule has 1 aliphatic heterocycles. The highest BCUT2D eigenvalue weighted by atomic mass is 16.5. The first-order chi connectivity index (χ1) is 8.02. The first kappa shape index (κ1) is 12.0. The lowest BCUT2D eigenvalue weighted by atomic mass is 10.1. The number of pyridine rings is 1. The summed E-state index contributed by atoms with van der Waals surface area (Å²) in [5.74, 6) is 1.27. The first-order valence-corrected chi connectivity index (χ1v) is 5.88. The van der Waals surface area contributed by atoms with Crippen molar-refractivity contribution in [2.75, 3.05) is 30.3 Å². The zero-order valence-corrected chi connectivity index (χ0v) is 10.3. The van der Waals surface area contributed by atoms with Gasteiger partial charge < -0.3 is 20.5 Å². The smallest absolute Gasteiger partial charge is 0.239 e. The summed E-state index contributed by atoms with van der Waals surface area (Å²) < 4.78 is 5.36. The minimum absolute atomic E-state index is 0.469. The van der Waals surface area contributed by atoms with Crippen LogP contribution in [0.25, 0.3) is 0 Å². The molecule has 94 valence electrons. The second kappa shape index (κ2) is 4.41. The zero-order chi connectivity index (χ0) is 12.5. The molecule has 1 saturated heterocycles. The first-order valence-electron chi connectivity index (χ1n) is 5.88. The molecule has 0 spiro atoms. The summed E-state index contributed by atoms with van der Waals surface area (Å²) in [7, 11) is 0. The number of hydrogen-bond acceptors (Lipinski definition) is 5. The molecule has 1 fully saturated rings. The molecule has 17 heavy (non-hydrogen) atoms. The van der Waals surface area contributed by atoms with E-state index in [9.17, 15) is 5.11 Å². The molecule has 0 saturated carbocycles. The molecule has 1 atom stereocenters. The van der Waals surface area contributed by atoms with E-state index in [1.807, 2.05) is 24.8 Å². The molecule has 3 N–H and O–H groups in total. The highest BCUT2D eigenvalue weighted by molar-refractivity contribution is 5.55. The Morgan fingerprint density at radius 3 is 2.94 bits per heavy atom. The van der Waals surface area contributed by atoms with Crippen LogP contribution in [-0.4, -0.2) is 35.4 Å². The Bertz CT molecular complexity index is 407. The number of β-amino-alcohol motifs (C(OH)–C–C–N with tert-alkyl or cyclic N) is 1. The summed E-state index contributed by atoms with van der Waals surface area (Å²) >= 11 is 0. The van der Waals surface area contributed by atoms with E-state index in [0.29, 0.717) is 24.7 Å². The summed E-state index contributed by atoms with van der Waals surface area (Å²) in [6, 6.07) is 3.65. The van der Waals surface area contributed by atoms with Crippen LogP contribution in [0.2, 0.25) is 0 Å². The quantitative estimate of drug-likeness (QED) is 0.821. The van der Waals surface area contributed by atoms with Crippen molar-refractivity contribution in [3.8, 4) is 5.88 Å². The van der Waals surface area contributed by atoms with Crippen molar-refractivity contribution in [3.05, 3.63) is 12.1 Å². The monoisotopic (exact) mass is 237 g/mol. The van der Waals surface area contributed by atoms with Crippen LogP contribution < -0.4 is 15.4 Å². The Morgan fingerprint density at radius 2 is 2.35 bits per heavy atom. The van der Waals surface area contributed by atoms with Crippen LogP contribution >= 0.6 is 0 Å². The Hall–Kier alpha value is -1.49. The van der Waals surface area contributed by atoms with Crippen molar-refractivity contribution in [2.24, 2.45) is 0 Å². The Morgan fingerprint density at radius 1 is 1.59 bits per heavy atom. The normalized spacial score (nSPS) is 24.1. The third-order valence-electron chi connectivity index (χ3n) is 2.93. The van der Waals surface area contributed by atoms with E-state index in [1.165, 1.54) is 0 Å². The van der Waals surface area contributed by atoms with Crippen molar-refractivity contribution >= 4 is 11.5 Å². The number of nitrogens with two attached hydrogens (primary N) is 1. The van der Waals surface area contributed by atoms with E-state index < -0.39 is 5.60 Å². The lowest BCUT2D eigenvalue weighted by Gasteiger charge is -2.20. The molecule has 0 bridgehead atoms. The Labute approximate surface area is 101 Å². The second-order valence-corrected chi connectivity index (χ2v) is 4.67. The van der Waals surface area contributed by atoms with Gasteiger partial charge in [0.1, 0.15) is 5.82 Å². The number of aliphatic hydroxyl groups is 1. The van der Waals surface area contributed by atoms with E-state index in [-0.39, 0.29) is 0 Å². The van der Waals surface area contributed by atoms with Gasteiger partial charge in [0.2, 0.25) is 5.88 Å². The Kier molecular flexibility index (Phi) is 3.11. The standard InChI is InChI=1S/C12H19N3O2/c1-3-17-11-9(13)4-5-10(14-11)15-7-6-12(2,16)8-15/h4-5,16H,3,6-8,13H2,1-2H3. The van der Waals surface area contributed by atoms with Gasteiger partial charge in [0.05, 0.1) is 17.9 Å². The van der Waals surface area contributed by atoms with Crippen LogP contribution in [0.15, 0.2) is 12.1 Å². The minimum atomic E-state index is -0.630. The van der Waals surface area contributed by atoms with Crippen LogP contribution in [0.5, 0.6) is 5.88 Å². The van der Waals surface area contributed by atoms with Crippen molar-refractivity contribution < 1.29 is 9.84 Å². The summed E-state index contributed by atoms with van der Waals surface area (Å²) in [6.45, 7) is 5.67. The SMILES string of the molecule is CCOc1nc(N2CCC(C)(O)C2)ccc1N. The number of nitrogen functional groups attached to an aromatic ring is 1. The number of ether oxygens (including phenoxy) is 1. The highest BCUT2D eigenvalue weighted by Gasteiger charge is 2.32. The van der Waals surface area contributed by atoms with Gasteiger partial charge in [0.15, 0.2) is 0 Å². The topological polar surface area (TPSA) is 71.6 Å². The van der Waals surface area contributed by atoms with Gasteiger partial charge in [-0.3, -0.25) is 0 Å². The maximum Gasteiger partial charge on any atom is 0.239 e. The molecule has 0 aliphatic carbocycles. The predicted molar refractivity (Wildman–Crippen MR) is 67.3 cm³/mol. The maximum absolute atomic E-state index is 9.93. The van der Waals surface area contributed by atoms with Gasteiger partial charge in [0, 0.05) is 13.1 Å². The van der Waals surface area contributed by atoms with E-state index in [0.717, 1.165) is 18.8 Å². The molecular formula is C12H19N3O2. The summed E-state index contributed by atoms with van der Waals surface area (Å²) in [6.07, 6.45) is 0.753. The fourth-order valence-corrected chi connectivity index (χ4v) is 2.01. The van der Waals surface area contributed by atoms with E-state index in [2.05, 4.69) is 4.98 Å². The number of aromatic nitrogens is 1. The van der Waals surface area contributed by atoms with Crippen LogP contribution in [0.1, 0.15) is 20.3 Å². The molecule has 5 nitrogen and oxygen atoms in total. The molecule has 0 aromatic carbocycles. The molecular weight excluding hydrogens is 218 g/mol. The third kappa shape index (κ3) is 2.61. The van der Waals surface area contributed by atoms with Gasteiger partial charge in [-0.2, -0.15) is 4.98 Å². The van der Waals surface area contributed by atoms with E-state index in [4.69, 9.17) is 10.5 Å². The summed E-state index contributed by atoms with van der Waals surface area (Å²) in [4.78, 5) is 6.42. The lowest BCUT2D eigenvalue weighted by Crippen LogP contribution is -2.30. The number of nitrogens with zero attached hydrogens (tertiary/aromatic N) is 2. The number of rotatable bonds is 3. The van der Waals surface area contributed by atoms with Crippen molar-refractivity contribution in [1.82, 2.24) is 4.98 Å². The van der Waals surface area contributed by atoms with Gasteiger partial charge >= 0.3 is 0 Å². The lowest BCUT2D eigenvalue weighted by molar-refractivity contribution is 0.0839. The van der Waals surface area contributed by atoms with Gasteiger partial charge in [-0.1, -0.05) is 0 Å². The molecule has 2 heterocycles. The van der Waals surface area contributed by atoms with E-state index in [1.54, 1.807) is 6.07 Å². The average molecular weight is 237 g/mol. The number of anilines is 2. The highest BCUT2D eigenvalue weighted by Crippen LogP contribution is 2.28. The minimum Gasteiger partial charge on any atom is -0.476 e. The fourth-order valence-electron chi connectivity index (χ4n) is 2.01. The largest absolute Gasteiger partial charge is 0.476 e. The van der Waals surface area contributed by atoms with Crippen LogP contribution in [-0.2, 0) is 0 Å². The van der Waals surface area contributed by atoms with Crippen LogP contribution in [0.3, 0.4) is 0 Å². The summed E-state index contributed by atoms with van der Waals surface area (Å²) in [5.41, 5.74) is 5.69. The van der Waals surface area contributed by atoms with Gasteiger partial charge in [-0.25, -0.2) is 0 Å². The number of hydrogen-bond donors (Lipinski definition) is 2. The van der Waals surface area contributed by atoms with Crippen LogP contribution in [0, 0.1) is 0 Å². The molecule has 0 radical (unpaired) electrons. The molecule has 1 aromatic rings. The van der Waals surface area contributed by atoms with Gasteiger partial charge in [-0.15, -0.1) is 0 Å². The molecule has 5 heteroatoms.